The number of carbonyl (C=O) groups is 1. The molecule has 2 rings (SSSR count). The van der Waals surface area contributed by atoms with Crippen LogP contribution in [0.25, 0.3) is 0 Å². The van der Waals surface area contributed by atoms with Crippen LogP contribution in [0.15, 0.2) is 23.1 Å². The van der Waals surface area contributed by atoms with E-state index in [0.717, 1.165) is 0 Å². The van der Waals surface area contributed by atoms with Gasteiger partial charge in [0.25, 0.3) is 0 Å². The first-order valence-corrected chi connectivity index (χ1v) is 8.11. The van der Waals surface area contributed by atoms with E-state index in [4.69, 9.17) is 28.3 Å². The molecule has 5 nitrogen and oxygen atoms in total. The van der Waals surface area contributed by atoms with Crippen LogP contribution in [0, 0.1) is 11.8 Å². The summed E-state index contributed by atoms with van der Waals surface area (Å²) in [7, 11) is -3.75. The molecule has 0 amide bonds. The summed E-state index contributed by atoms with van der Waals surface area (Å²) in [5.41, 5.74) is 0. The zero-order chi connectivity index (χ0) is 15.1. The number of hydrogen-bond donors (Lipinski definition) is 1. The molecule has 1 fully saturated rings. The van der Waals surface area contributed by atoms with Crippen LogP contribution in [0.4, 0.5) is 0 Å². The number of carboxylic acid groups (broad SMARTS) is 1. The first kappa shape index (κ1) is 15.6. The number of aliphatic carboxylic acids is 1. The molecule has 2 atom stereocenters. The largest absolute Gasteiger partial charge is 0.481 e. The van der Waals surface area contributed by atoms with Crippen LogP contribution in [0.2, 0.25) is 10.0 Å². The van der Waals surface area contributed by atoms with Crippen molar-refractivity contribution in [2.75, 3.05) is 13.1 Å². The topological polar surface area (TPSA) is 74.7 Å². The lowest BCUT2D eigenvalue weighted by molar-refractivity contribution is -0.142. The van der Waals surface area contributed by atoms with E-state index in [0.29, 0.717) is 0 Å². The van der Waals surface area contributed by atoms with Crippen LogP contribution in [-0.2, 0) is 14.8 Å². The predicted octanol–water partition coefficient (Wildman–Crippen LogP) is 2.33. The summed E-state index contributed by atoms with van der Waals surface area (Å²) < 4.78 is 26.1. The highest BCUT2D eigenvalue weighted by Crippen LogP contribution is 2.31. The summed E-state index contributed by atoms with van der Waals surface area (Å²) in [6.45, 7) is 1.88. The first-order chi connectivity index (χ1) is 9.23. The second-order valence-electron chi connectivity index (χ2n) is 4.82. The van der Waals surface area contributed by atoms with Gasteiger partial charge in [-0.3, -0.25) is 4.79 Å². The third-order valence-corrected chi connectivity index (χ3v) is 5.99. The number of sulfonamides is 1. The molecule has 0 bridgehead atoms. The van der Waals surface area contributed by atoms with Gasteiger partial charge in [-0.1, -0.05) is 30.1 Å². The van der Waals surface area contributed by atoms with Gasteiger partial charge in [-0.05, 0) is 24.1 Å². The molecule has 20 heavy (non-hydrogen) atoms. The van der Waals surface area contributed by atoms with E-state index in [1.807, 2.05) is 0 Å². The van der Waals surface area contributed by atoms with Crippen molar-refractivity contribution in [3.05, 3.63) is 28.2 Å². The maximum absolute atomic E-state index is 12.4. The van der Waals surface area contributed by atoms with Crippen LogP contribution < -0.4 is 0 Å². The summed E-state index contributed by atoms with van der Waals surface area (Å²) in [5, 5.41) is 9.47. The van der Waals surface area contributed by atoms with Gasteiger partial charge in [-0.15, -0.1) is 0 Å². The highest BCUT2D eigenvalue weighted by molar-refractivity contribution is 7.89. The van der Waals surface area contributed by atoms with Gasteiger partial charge in [0.1, 0.15) is 0 Å². The summed E-state index contributed by atoms with van der Waals surface area (Å²) in [4.78, 5) is 11.1. The van der Waals surface area contributed by atoms with Crippen LogP contribution in [-0.4, -0.2) is 36.9 Å². The maximum Gasteiger partial charge on any atom is 0.308 e. The average Bonchev–Trinajstić information content (AvgIpc) is 2.75. The highest BCUT2D eigenvalue weighted by atomic mass is 35.5. The highest BCUT2D eigenvalue weighted by Gasteiger charge is 2.40. The van der Waals surface area contributed by atoms with Crippen molar-refractivity contribution in [3.63, 3.8) is 0 Å². The Labute approximate surface area is 127 Å². The van der Waals surface area contributed by atoms with Crippen LogP contribution in [0.3, 0.4) is 0 Å². The molecule has 1 aliphatic rings. The quantitative estimate of drug-likeness (QED) is 0.918. The molecule has 1 heterocycles. The van der Waals surface area contributed by atoms with Crippen LogP contribution >= 0.6 is 23.2 Å². The van der Waals surface area contributed by atoms with E-state index in [2.05, 4.69) is 0 Å². The normalized spacial score (nSPS) is 23.9. The number of carboxylic acids is 1. The Kier molecular flexibility index (Phi) is 4.30. The lowest BCUT2D eigenvalue weighted by Crippen LogP contribution is -2.30. The maximum atomic E-state index is 12.4. The molecule has 8 heteroatoms. The van der Waals surface area contributed by atoms with Gasteiger partial charge in [-0.25, -0.2) is 8.42 Å². The van der Waals surface area contributed by atoms with Crippen LogP contribution in [0.1, 0.15) is 6.92 Å². The van der Waals surface area contributed by atoms with Gasteiger partial charge < -0.3 is 5.11 Å². The molecule has 0 radical (unpaired) electrons. The molecule has 0 spiro atoms. The van der Waals surface area contributed by atoms with E-state index >= 15 is 0 Å². The zero-order valence-electron chi connectivity index (χ0n) is 10.6. The van der Waals surface area contributed by atoms with E-state index in [1.54, 1.807) is 6.92 Å². The van der Waals surface area contributed by atoms with Gasteiger partial charge in [-0.2, -0.15) is 4.31 Å². The summed E-state index contributed by atoms with van der Waals surface area (Å²) in [5.74, 6) is -1.90. The summed E-state index contributed by atoms with van der Waals surface area (Å²) >= 11 is 11.6. The second kappa shape index (κ2) is 5.52. The lowest BCUT2D eigenvalue weighted by Gasteiger charge is -2.16. The Morgan fingerprint density at radius 3 is 2.45 bits per heavy atom. The summed E-state index contributed by atoms with van der Waals surface area (Å²) in [6, 6.07) is 4.05. The van der Waals surface area contributed by atoms with Crippen LogP contribution in [0.5, 0.6) is 0 Å². The Morgan fingerprint density at radius 2 is 1.95 bits per heavy atom. The van der Waals surface area contributed by atoms with Crippen molar-refractivity contribution in [1.29, 1.82) is 0 Å². The standard InChI is InChI=1S/C12H13Cl2NO4S/c1-7-5-15(6-9(7)12(16)17)20(18,19)8-2-3-10(13)11(14)4-8/h2-4,7,9H,5-6H2,1H3,(H,16,17)/t7-,9-/m1/s1. The minimum Gasteiger partial charge on any atom is -0.481 e. The number of benzene rings is 1. The minimum atomic E-state index is -3.75. The molecule has 0 aliphatic carbocycles. The molecule has 1 saturated heterocycles. The van der Waals surface area contributed by atoms with Gasteiger partial charge >= 0.3 is 5.97 Å². The lowest BCUT2D eigenvalue weighted by atomic mass is 9.99. The van der Waals surface area contributed by atoms with Gasteiger partial charge in [0.05, 0.1) is 20.9 Å². The first-order valence-electron chi connectivity index (χ1n) is 5.91. The molecule has 1 aliphatic heterocycles. The molecule has 1 N–H and O–H groups in total. The third-order valence-electron chi connectivity index (χ3n) is 3.42. The molecule has 1 aromatic carbocycles. The van der Waals surface area contributed by atoms with Gasteiger partial charge in [0.15, 0.2) is 0 Å². The Bertz CT molecular complexity index is 647. The van der Waals surface area contributed by atoms with Crippen molar-refractivity contribution in [2.24, 2.45) is 11.8 Å². The van der Waals surface area contributed by atoms with E-state index in [-0.39, 0.29) is 33.9 Å². The SMILES string of the molecule is C[C@@H]1CN(S(=O)(=O)c2ccc(Cl)c(Cl)c2)C[C@H]1C(=O)O. The smallest absolute Gasteiger partial charge is 0.308 e. The number of halogens is 2. The predicted molar refractivity (Wildman–Crippen MR) is 75.5 cm³/mol. The van der Waals surface area contributed by atoms with Crippen molar-refractivity contribution in [1.82, 2.24) is 4.31 Å². The van der Waals surface area contributed by atoms with Gasteiger partial charge in [0, 0.05) is 13.1 Å². The van der Waals surface area contributed by atoms with Crippen molar-refractivity contribution in [2.45, 2.75) is 11.8 Å². The Hall–Kier alpha value is -0.820. The van der Waals surface area contributed by atoms with Gasteiger partial charge in [0.2, 0.25) is 10.0 Å². The molecule has 0 aromatic heterocycles. The minimum absolute atomic E-state index is 0.0186. The van der Waals surface area contributed by atoms with Crippen molar-refractivity contribution < 1.29 is 18.3 Å². The number of rotatable bonds is 3. The third kappa shape index (κ3) is 2.79. The fraction of sp³-hybridized carbons (Fsp3) is 0.417. The zero-order valence-corrected chi connectivity index (χ0v) is 12.9. The number of hydrogen-bond acceptors (Lipinski definition) is 3. The fourth-order valence-electron chi connectivity index (χ4n) is 2.23. The average molecular weight is 338 g/mol. The van der Waals surface area contributed by atoms with E-state index in [9.17, 15) is 13.2 Å². The molecule has 1 aromatic rings. The molecular weight excluding hydrogens is 325 g/mol. The molecule has 0 saturated carbocycles. The second-order valence-corrected chi connectivity index (χ2v) is 7.57. The molecule has 110 valence electrons. The monoisotopic (exact) mass is 337 g/mol. The molecule has 0 unspecified atom stereocenters. The van der Waals surface area contributed by atoms with Crippen molar-refractivity contribution in [3.8, 4) is 0 Å². The van der Waals surface area contributed by atoms with Crippen molar-refractivity contribution >= 4 is 39.2 Å². The molecular formula is C12H13Cl2NO4S. The Morgan fingerprint density at radius 1 is 1.30 bits per heavy atom. The summed E-state index contributed by atoms with van der Waals surface area (Å²) in [6.07, 6.45) is 0. The number of nitrogens with zero attached hydrogens (tertiary/aromatic N) is 1. The fourth-order valence-corrected chi connectivity index (χ4v) is 4.18. The Balaban J connectivity index is 2.32. The van der Waals surface area contributed by atoms with E-state index < -0.39 is 21.9 Å². The van der Waals surface area contributed by atoms with E-state index in [1.165, 1.54) is 22.5 Å².